The van der Waals surface area contributed by atoms with Gasteiger partial charge in [-0.25, -0.2) is 4.98 Å². The Bertz CT molecular complexity index is 318. The number of hydrogen-bond donors (Lipinski definition) is 2. The first-order chi connectivity index (χ1) is 6.29. The molecule has 1 heterocycles. The highest BCUT2D eigenvalue weighted by molar-refractivity contribution is 7.13. The van der Waals surface area contributed by atoms with Crippen molar-refractivity contribution in [3.63, 3.8) is 0 Å². The molecule has 7 heteroatoms. The van der Waals surface area contributed by atoms with Gasteiger partial charge in [0.05, 0.1) is 5.69 Å². The molecule has 0 bridgehead atoms. The number of nitrogens with two attached hydrogens (primary N) is 1. The van der Waals surface area contributed by atoms with Gasteiger partial charge in [-0.3, -0.25) is 0 Å². The SMILES string of the molecule is CNc1nc(C(C)(N)C(F)(F)F)cs1. The van der Waals surface area contributed by atoms with Crippen molar-refractivity contribution in [2.24, 2.45) is 5.73 Å². The van der Waals surface area contributed by atoms with Gasteiger partial charge in [0.1, 0.15) is 0 Å². The quantitative estimate of drug-likeness (QED) is 0.808. The Morgan fingerprint density at radius 3 is 2.43 bits per heavy atom. The Morgan fingerprint density at radius 2 is 2.07 bits per heavy atom. The van der Waals surface area contributed by atoms with E-state index in [1.54, 1.807) is 7.05 Å². The fraction of sp³-hybridized carbons (Fsp3) is 0.571. The summed E-state index contributed by atoms with van der Waals surface area (Å²) in [6.07, 6.45) is -4.49. The van der Waals surface area contributed by atoms with E-state index in [2.05, 4.69) is 10.3 Å². The third-order valence-electron chi connectivity index (χ3n) is 1.84. The van der Waals surface area contributed by atoms with Crippen molar-refractivity contribution in [2.45, 2.75) is 18.6 Å². The number of rotatable bonds is 2. The van der Waals surface area contributed by atoms with Crippen LogP contribution in [0.2, 0.25) is 0 Å². The number of nitrogens with one attached hydrogen (secondary N) is 1. The van der Waals surface area contributed by atoms with E-state index in [1.807, 2.05) is 0 Å². The number of thiazole rings is 1. The molecule has 3 N–H and O–H groups in total. The van der Waals surface area contributed by atoms with Gasteiger partial charge in [0.2, 0.25) is 0 Å². The van der Waals surface area contributed by atoms with E-state index < -0.39 is 11.7 Å². The van der Waals surface area contributed by atoms with Crippen molar-refractivity contribution in [3.05, 3.63) is 11.1 Å². The molecule has 0 radical (unpaired) electrons. The topological polar surface area (TPSA) is 50.9 Å². The molecule has 0 aliphatic heterocycles. The molecule has 0 saturated heterocycles. The monoisotopic (exact) mass is 225 g/mol. The van der Waals surface area contributed by atoms with Crippen molar-refractivity contribution in [3.8, 4) is 0 Å². The molecule has 0 amide bonds. The van der Waals surface area contributed by atoms with Gasteiger partial charge >= 0.3 is 6.18 Å². The van der Waals surface area contributed by atoms with Crippen LogP contribution in [-0.2, 0) is 5.54 Å². The summed E-state index contributed by atoms with van der Waals surface area (Å²) in [5.74, 6) is 0. The molecule has 0 aromatic carbocycles. The molecule has 1 aromatic heterocycles. The Labute approximate surface area is 83.1 Å². The van der Waals surface area contributed by atoms with Gasteiger partial charge in [-0.1, -0.05) is 0 Å². The van der Waals surface area contributed by atoms with Gasteiger partial charge in [-0.15, -0.1) is 11.3 Å². The lowest BCUT2D eigenvalue weighted by Gasteiger charge is -2.25. The van der Waals surface area contributed by atoms with E-state index in [4.69, 9.17) is 5.73 Å². The summed E-state index contributed by atoms with van der Waals surface area (Å²) in [6.45, 7) is 0.904. The molecule has 0 aliphatic rings. The van der Waals surface area contributed by atoms with E-state index in [-0.39, 0.29) is 5.69 Å². The number of halogens is 3. The minimum absolute atomic E-state index is 0.167. The molecule has 1 unspecified atom stereocenters. The summed E-state index contributed by atoms with van der Waals surface area (Å²) in [5, 5.41) is 4.38. The van der Waals surface area contributed by atoms with Crippen LogP contribution in [0.5, 0.6) is 0 Å². The largest absolute Gasteiger partial charge is 0.411 e. The lowest BCUT2D eigenvalue weighted by molar-refractivity contribution is -0.185. The van der Waals surface area contributed by atoms with Crippen LogP contribution in [0.15, 0.2) is 5.38 Å². The smallest absolute Gasteiger partial charge is 0.365 e. The van der Waals surface area contributed by atoms with Crippen LogP contribution in [-0.4, -0.2) is 18.2 Å². The van der Waals surface area contributed by atoms with Crippen LogP contribution in [0.3, 0.4) is 0 Å². The van der Waals surface area contributed by atoms with Gasteiger partial charge in [-0.05, 0) is 6.92 Å². The standard InChI is InChI=1S/C7H10F3N3S/c1-6(11,7(8,9)10)4-3-14-5(12-2)13-4/h3H,11H2,1-2H3,(H,12,13). The van der Waals surface area contributed by atoms with E-state index in [0.717, 1.165) is 18.3 Å². The first kappa shape index (κ1) is 11.3. The van der Waals surface area contributed by atoms with Crippen molar-refractivity contribution >= 4 is 16.5 Å². The Kier molecular flexibility index (Phi) is 2.73. The zero-order chi connectivity index (χ0) is 11.0. The normalized spacial score (nSPS) is 16.4. The third-order valence-corrected chi connectivity index (χ3v) is 2.70. The summed E-state index contributed by atoms with van der Waals surface area (Å²) >= 11 is 1.09. The number of aromatic nitrogens is 1. The first-order valence-electron chi connectivity index (χ1n) is 3.78. The van der Waals surface area contributed by atoms with E-state index in [1.165, 1.54) is 5.38 Å². The predicted octanol–water partition coefficient (Wildman–Crippen LogP) is 1.92. The summed E-state index contributed by atoms with van der Waals surface area (Å²) < 4.78 is 37.4. The van der Waals surface area contributed by atoms with Crippen LogP contribution < -0.4 is 11.1 Å². The average Bonchev–Trinajstić information content (AvgIpc) is 2.49. The summed E-state index contributed by atoms with van der Waals surface area (Å²) in [5.41, 5.74) is 2.62. The summed E-state index contributed by atoms with van der Waals surface area (Å²) in [7, 11) is 1.59. The Morgan fingerprint density at radius 1 is 1.50 bits per heavy atom. The van der Waals surface area contributed by atoms with E-state index >= 15 is 0 Å². The maximum absolute atomic E-state index is 12.5. The predicted molar refractivity (Wildman–Crippen MR) is 49.3 cm³/mol. The summed E-state index contributed by atoms with van der Waals surface area (Å²) in [6, 6.07) is 0. The highest BCUT2D eigenvalue weighted by Crippen LogP contribution is 2.37. The molecule has 80 valence electrons. The number of nitrogens with zero attached hydrogens (tertiary/aromatic N) is 1. The van der Waals surface area contributed by atoms with Crippen molar-refractivity contribution in [1.29, 1.82) is 0 Å². The minimum Gasteiger partial charge on any atom is -0.365 e. The average molecular weight is 225 g/mol. The van der Waals surface area contributed by atoms with Crippen LogP contribution in [0.4, 0.5) is 18.3 Å². The second kappa shape index (κ2) is 3.39. The molecule has 3 nitrogen and oxygen atoms in total. The lowest BCUT2D eigenvalue weighted by atomic mass is 10.0. The van der Waals surface area contributed by atoms with Gasteiger partial charge < -0.3 is 11.1 Å². The van der Waals surface area contributed by atoms with Crippen LogP contribution >= 0.6 is 11.3 Å². The van der Waals surface area contributed by atoms with Crippen LogP contribution in [0.1, 0.15) is 12.6 Å². The second-order valence-corrected chi connectivity index (χ2v) is 3.85. The van der Waals surface area contributed by atoms with Gasteiger partial charge in [-0.2, -0.15) is 13.2 Å². The number of hydrogen-bond acceptors (Lipinski definition) is 4. The molecule has 0 spiro atoms. The van der Waals surface area contributed by atoms with Gasteiger partial charge in [0.15, 0.2) is 10.7 Å². The highest BCUT2D eigenvalue weighted by Gasteiger charge is 2.50. The molecule has 1 rings (SSSR count). The van der Waals surface area contributed by atoms with Crippen molar-refractivity contribution in [1.82, 2.24) is 4.98 Å². The molecular formula is C7H10F3N3S. The molecule has 0 aliphatic carbocycles. The maximum Gasteiger partial charge on any atom is 0.411 e. The molecule has 1 aromatic rings. The maximum atomic E-state index is 12.5. The third kappa shape index (κ3) is 1.83. The highest BCUT2D eigenvalue weighted by atomic mass is 32.1. The summed E-state index contributed by atoms with van der Waals surface area (Å²) in [4.78, 5) is 3.73. The van der Waals surface area contributed by atoms with Gasteiger partial charge in [0, 0.05) is 12.4 Å². The van der Waals surface area contributed by atoms with Crippen molar-refractivity contribution < 1.29 is 13.2 Å². The van der Waals surface area contributed by atoms with Crippen LogP contribution in [0.25, 0.3) is 0 Å². The zero-order valence-electron chi connectivity index (χ0n) is 7.64. The Hall–Kier alpha value is -0.820. The lowest BCUT2D eigenvalue weighted by Crippen LogP contribution is -2.47. The minimum atomic E-state index is -4.49. The Balaban J connectivity index is 3.04. The van der Waals surface area contributed by atoms with Crippen LogP contribution in [0, 0.1) is 0 Å². The van der Waals surface area contributed by atoms with E-state index in [0.29, 0.717) is 5.13 Å². The number of alkyl halides is 3. The molecule has 0 saturated carbocycles. The molecule has 1 atom stereocenters. The molecular weight excluding hydrogens is 215 g/mol. The van der Waals surface area contributed by atoms with Gasteiger partial charge in [0.25, 0.3) is 0 Å². The van der Waals surface area contributed by atoms with E-state index in [9.17, 15) is 13.2 Å². The first-order valence-corrected chi connectivity index (χ1v) is 4.66. The zero-order valence-corrected chi connectivity index (χ0v) is 8.46. The molecule has 14 heavy (non-hydrogen) atoms. The fourth-order valence-corrected chi connectivity index (χ4v) is 1.56. The molecule has 0 fully saturated rings. The second-order valence-electron chi connectivity index (χ2n) is 2.99. The number of anilines is 1. The fourth-order valence-electron chi connectivity index (χ4n) is 0.772. The van der Waals surface area contributed by atoms with Crippen molar-refractivity contribution in [2.75, 3.05) is 12.4 Å².